The fourth-order valence-electron chi connectivity index (χ4n) is 3.48. The van der Waals surface area contributed by atoms with Crippen molar-refractivity contribution in [2.75, 3.05) is 19.8 Å². The first kappa shape index (κ1) is 28.4. The van der Waals surface area contributed by atoms with Crippen LogP contribution in [0.15, 0.2) is 53.3 Å². The summed E-state index contributed by atoms with van der Waals surface area (Å²) in [6.45, 7) is 13.0. The van der Waals surface area contributed by atoms with Crippen molar-refractivity contribution in [3.63, 3.8) is 0 Å². The average Bonchev–Trinajstić information content (AvgIpc) is 3.14. The van der Waals surface area contributed by atoms with Crippen molar-refractivity contribution in [1.29, 1.82) is 0 Å². The van der Waals surface area contributed by atoms with Crippen molar-refractivity contribution < 1.29 is 23.8 Å². The average molecular weight is 528 g/mol. The second kappa shape index (κ2) is 11.9. The molecule has 0 amide bonds. The number of hydrogen-bond donors (Lipinski definition) is 0. The predicted octanol–water partition coefficient (Wildman–Crippen LogP) is 5.48. The summed E-state index contributed by atoms with van der Waals surface area (Å²) in [4.78, 5) is 37.9. The molecule has 0 N–H and O–H groups in total. The summed E-state index contributed by atoms with van der Waals surface area (Å²) in [5.74, 6) is -1.57. The number of esters is 2. The van der Waals surface area contributed by atoms with E-state index in [1.54, 1.807) is 16.7 Å². The number of para-hydroxylation sites is 1. The van der Waals surface area contributed by atoms with Crippen LogP contribution in [0.5, 0.6) is 5.75 Å². The predicted molar refractivity (Wildman–Crippen MR) is 146 cm³/mol. The largest absolute Gasteiger partial charge is 0.492 e. The van der Waals surface area contributed by atoms with Gasteiger partial charge in [-0.1, -0.05) is 77.1 Å². The molecule has 3 rings (SSSR count). The molecule has 3 aromatic rings. The van der Waals surface area contributed by atoms with Crippen LogP contribution in [0.3, 0.4) is 0 Å². The topological polar surface area (TPSA) is 83.8 Å². The van der Waals surface area contributed by atoms with Crippen molar-refractivity contribution in [2.24, 2.45) is 16.7 Å². The first-order valence-electron chi connectivity index (χ1n) is 12.5. The number of hydrogen-bond acceptors (Lipinski definition) is 7. The Bertz CT molecular complexity index is 1230. The molecule has 1 heterocycles. The fourth-order valence-corrected chi connectivity index (χ4v) is 4.39. The molecule has 0 unspecified atom stereocenters. The summed E-state index contributed by atoms with van der Waals surface area (Å²) < 4.78 is 19.4. The summed E-state index contributed by atoms with van der Waals surface area (Å²) in [5.41, 5.74) is 1.26. The van der Waals surface area contributed by atoms with Crippen LogP contribution < -0.4 is 9.61 Å². The maximum absolute atomic E-state index is 12.8. The van der Waals surface area contributed by atoms with Crippen LogP contribution in [0.4, 0.5) is 0 Å². The van der Waals surface area contributed by atoms with E-state index < -0.39 is 17.9 Å². The van der Waals surface area contributed by atoms with Gasteiger partial charge in [-0.25, -0.2) is 0 Å². The highest BCUT2D eigenvalue weighted by Crippen LogP contribution is 2.21. The molecule has 7 nitrogen and oxygen atoms in total. The second-order valence-electron chi connectivity index (χ2n) is 11.6. The number of rotatable bonds is 10. The highest BCUT2D eigenvalue weighted by Gasteiger charge is 2.32. The molecule has 0 radical (unpaired) electrons. The zero-order valence-corrected chi connectivity index (χ0v) is 23.4. The molecule has 0 atom stereocenters. The van der Waals surface area contributed by atoms with Gasteiger partial charge in [-0.15, -0.1) is 0 Å². The molecule has 0 aliphatic carbocycles. The van der Waals surface area contributed by atoms with E-state index in [9.17, 15) is 14.4 Å². The van der Waals surface area contributed by atoms with Gasteiger partial charge in [0.1, 0.15) is 12.4 Å². The highest BCUT2D eigenvalue weighted by molar-refractivity contribution is 7.16. The van der Waals surface area contributed by atoms with Crippen LogP contribution in [-0.2, 0) is 32.0 Å². The summed E-state index contributed by atoms with van der Waals surface area (Å²) >= 11 is 1.22. The fraction of sp³-hybridized carbons (Fsp3) is 0.483. The molecule has 1 aromatic heterocycles. The summed E-state index contributed by atoms with van der Waals surface area (Å²) in [6.07, 6.45) is 0.169. The van der Waals surface area contributed by atoms with Gasteiger partial charge in [-0.3, -0.25) is 19.0 Å². The molecule has 0 saturated carbocycles. The van der Waals surface area contributed by atoms with Gasteiger partial charge in [0.05, 0.1) is 30.0 Å². The second-order valence-corrected chi connectivity index (χ2v) is 12.6. The van der Waals surface area contributed by atoms with E-state index in [0.717, 1.165) is 15.8 Å². The first-order chi connectivity index (χ1) is 17.3. The summed E-state index contributed by atoms with van der Waals surface area (Å²) in [7, 11) is 0. The van der Waals surface area contributed by atoms with Gasteiger partial charge in [-0.05, 0) is 47.1 Å². The van der Waals surface area contributed by atoms with Crippen LogP contribution in [-0.4, -0.2) is 36.3 Å². The number of carbonyl (C=O) groups is 2. The smallest absolute Gasteiger partial charge is 0.320 e. The van der Waals surface area contributed by atoms with E-state index in [2.05, 4.69) is 0 Å². The van der Waals surface area contributed by atoms with Gasteiger partial charge in [-0.2, -0.15) is 0 Å². The van der Waals surface area contributed by atoms with Crippen LogP contribution in [0.1, 0.15) is 47.1 Å². The van der Waals surface area contributed by atoms with Gasteiger partial charge < -0.3 is 14.2 Å². The van der Waals surface area contributed by atoms with Gasteiger partial charge >= 0.3 is 16.8 Å². The molecule has 37 heavy (non-hydrogen) atoms. The van der Waals surface area contributed by atoms with Crippen molar-refractivity contribution >= 4 is 33.5 Å². The van der Waals surface area contributed by atoms with Gasteiger partial charge in [0, 0.05) is 0 Å². The number of nitrogens with zero attached hydrogens (tertiary/aromatic N) is 1. The van der Waals surface area contributed by atoms with Crippen molar-refractivity contribution in [2.45, 2.75) is 54.5 Å². The Morgan fingerprint density at radius 3 is 2.00 bits per heavy atom. The van der Waals surface area contributed by atoms with E-state index in [-0.39, 0.29) is 35.3 Å². The van der Waals surface area contributed by atoms with Gasteiger partial charge in [0.15, 0.2) is 5.92 Å². The third kappa shape index (κ3) is 8.74. The summed E-state index contributed by atoms with van der Waals surface area (Å²) in [5, 5.41) is 0. The minimum absolute atomic E-state index is 0.0112. The quantitative estimate of drug-likeness (QED) is 0.256. The number of benzene rings is 2. The lowest BCUT2D eigenvalue weighted by atomic mass is 9.96. The maximum atomic E-state index is 12.8. The minimum Gasteiger partial charge on any atom is -0.492 e. The molecule has 0 saturated heterocycles. The number of carbonyl (C=O) groups excluding carboxylic acids is 2. The first-order valence-corrected chi connectivity index (χ1v) is 13.3. The van der Waals surface area contributed by atoms with E-state index >= 15 is 0 Å². The Hall–Kier alpha value is -3.13. The molecule has 0 aliphatic heterocycles. The number of aromatic nitrogens is 1. The third-order valence-electron chi connectivity index (χ3n) is 5.38. The molecular formula is C29H37NO6S. The number of fused-ring (bicyclic) bond motifs is 1. The van der Waals surface area contributed by atoms with Crippen LogP contribution in [0, 0.1) is 16.7 Å². The van der Waals surface area contributed by atoms with Crippen molar-refractivity contribution in [3.8, 4) is 5.75 Å². The highest BCUT2D eigenvalue weighted by atomic mass is 32.1. The molecule has 200 valence electrons. The molecule has 8 heteroatoms. The zero-order valence-electron chi connectivity index (χ0n) is 22.5. The Kier molecular flexibility index (Phi) is 9.18. The minimum atomic E-state index is -1.05. The monoisotopic (exact) mass is 527 g/mol. The SMILES string of the molecule is CC(C)(C)COC(=O)C(Cc1ccc(OCCn2c(=O)sc3ccccc32)cc1)C(=O)OCC(C)(C)C. The van der Waals surface area contributed by atoms with Crippen LogP contribution in [0.2, 0.25) is 0 Å². The maximum Gasteiger partial charge on any atom is 0.320 e. The van der Waals surface area contributed by atoms with Gasteiger partial charge in [0.2, 0.25) is 0 Å². The molecule has 0 fully saturated rings. The van der Waals surface area contributed by atoms with E-state index in [1.807, 2.05) is 77.9 Å². The Labute approximate surface area is 222 Å². The molecule has 0 spiro atoms. The lowest BCUT2D eigenvalue weighted by Crippen LogP contribution is -2.33. The molecule has 0 bridgehead atoms. The van der Waals surface area contributed by atoms with Crippen LogP contribution in [0.25, 0.3) is 10.2 Å². The Morgan fingerprint density at radius 2 is 1.43 bits per heavy atom. The van der Waals surface area contributed by atoms with E-state index in [0.29, 0.717) is 18.9 Å². The zero-order chi connectivity index (χ0) is 27.2. The van der Waals surface area contributed by atoms with Crippen molar-refractivity contribution in [3.05, 3.63) is 63.8 Å². The lowest BCUT2D eigenvalue weighted by Gasteiger charge is -2.23. The normalized spacial score (nSPS) is 12.1. The summed E-state index contributed by atoms with van der Waals surface area (Å²) in [6, 6.07) is 14.9. The van der Waals surface area contributed by atoms with Gasteiger partial charge in [0.25, 0.3) is 0 Å². The lowest BCUT2D eigenvalue weighted by molar-refractivity contribution is -0.165. The van der Waals surface area contributed by atoms with Crippen molar-refractivity contribution in [1.82, 2.24) is 4.57 Å². The molecule has 0 aliphatic rings. The Balaban J connectivity index is 1.62. The van der Waals surface area contributed by atoms with E-state index in [4.69, 9.17) is 14.2 Å². The van der Waals surface area contributed by atoms with Crippen LogP contribution >= 0.6 is 11.3 Å². The standard InChI is InChI=1S/C29H37NO6S/c1-28(2,3)18-35-25(31)22(26(32)36-19-29(4,5)6)17-20-11-13-21(14-12-20)34-16-15-30-23-9-7-8-10-24(23)37-27(30)33/h7-14,22H,15-19H2,1-6H3. The number of thiazole rings is 1. The third-order valence-corrected chi connectivity index (χ3v) is 6.34. The number of ether oxygens (including phenoxy) is 3. The molecule has 2 aromatic carbocycles. The van der Waals surface area contributed by atoms with E-state index in [1.165, 1.54) is 11.3 Å². The Morgan fingerprint density at radius 1 is 0.865 bits per heavy atom. The molecular weight excluding hydrogens is 490 g/mol.